The average molecular weight is 395 g/mol. The van der Waals surface area contributed by atoms with Crippen LogP contribution >= 0.6 is 0 Å². The van der Waals surface area contributed by atoms with E-state index in [1.165, 1.54) is 56.9 Å². The van der Waals surface area contributed by atoms with E-state index in [4.69, 9.17) is 4.99 Å². The van der Waals surface area contributed by atoms with Crippen LogP contribution in [0.4, 0.5) is 5.69 Å². The van der Waals surface area contributed by atoms with Crippen molar-refractivity contribution in [1.82, 2.24) is 10.2 Å². The lowest BCUT2D eigenvalue weighted by molar-refractivity contribution is -0.131. The van der Waals surface area contributed by atoms with Crippen LogP contribution in [0, 0.1) is 5.92 Å². The minimum atomic E-state index is -0.243. The number of nitrogens with one attached hydrogen (secondary N) is 2. The number of benzene rings is 1. The molecule has 2 N–H and O–H groups in total. The normalized spacial score (nSPS) is 29.4. The van der Waals surface area contributed by atoms with Crippen LogP contribution in [-0.2, 0) is 11.3 Å². The Morgan fingerprint density at radius 3 is 2.69 bits per heavy atom. The SMILES string of the molecule is O=C(CC1CCCC1)N1CC[C@@]2(C1)NCc1ccccc1NC2=NC1CCCC1. The molecule has 5 rings (SSSR count). The molecule has 0 radical (unpaired) electrons. The lowest BCUT2D eigenvalue weighted by Crippen LogP contribution is -2.55. The summed E-state index contributed by atoms with van der Waals surface area (Å²) in [6.07, 6.45) is 11.7. The number of amides is 1. The third-order valence-corrected chi connectivity index (χ3v) is 7.54. The average Bonchev–Trinajstić information content (AvgIpc) is 3.47. The summed E-state index contributed by atoms with van der Waals surface area (Å²) >= 11 is 0. The number of fused-ring (bicyclic) bond motifs is 1. The van der Waals surface area contributed by atoms with E-state index in [-0.39, 0.29) is 5.54 Å². The number of aliphatic imine (C=N–C) groups is 1. The Morgan fingerprint density at radius 2 is 1.86 bits per heavy atom. The summed E-state index contributed by atoms with van der Waals surface area (Å²) in [5.41, 5.74) is 2.19. The van der Waals surface area contributed by atoms with E-state index < -0.39 is 0 Å². The monoisotopic (exact) mass is 394 g/mol. The number of carbonyl (C=O) groups is 1. The van der Waals surface area contributed by atoms with Gasteiger partial charge in [0.15, 0.2) is 0 Å². The predicted octanol–water partition coefficient (Wildman–Crippen LogP) is 4.09. The summed E-state index contributed by atoms with van der Waals surface area (Å²) in [6.45, 7) is 2.39. The number of amidine groups is 1. The van der Waals surface area contributed by atoms with Gasteiger partial charge in [-0.3, -0.25) is 15.1 Å². The number of hydrogen-bond donors (Lipinski definition) is 2. The molecule has 29 heavy (non-hydrogen) atoms. The first-order chi connectivity index (χ1) is 14.2. The number of hydrogen-bond acceptors (Lipinski definition) is 3. The maximum Gasteiger partial charge on any atom is 0.222 e. The summed E-state index contributed by atoms with van der Waals surface area (Å²) < 4.78 is 0. The molecule has 156 valence electrons. The van der Waals surface area contributed by atoms with Crippen LogP contribution < -0.4 is 10.6 Å². The van der Waals surface area contributed by atoms with E-state index in [1.807, 2.05) is 0 Å². The smallest absolute Gasteiger partial charge is 0.222 e. The van der Waals surface area contributed by atoms with Gasteiger partial charge in [0, 0.05) is 31.7 Å². The molecule has 1 amide bonds. The fourth-order valence-electron chi connectivity index (χ4n) is 5.71. The molecule has 4 aliphatic rings. The molecule has 0 bridgehead atoms. The van der Waals surface area contributed by atoms with E-state index >= 15 is 0 Å². The zero-order valence-electron chi connectivity index (χ0n) is 17.5. The highest BCUT2D eigenvalue weighted by atomic mass is 16.2. The second-order valence-electron chi connectivity index (χ2n) is 9.55. The van der Waals surface area contributed by atoms with Gasteiger partial charge in [-0.05, 0) is 49.7 Å². The van der Waals surface area contributed by atoms with Crippen molar-refractivity contribution >= 4 is 17.4 Å². The number of anilines is 1. The molecule has 2 saturated carbocycles. The Labute approximate surface area is 174 Å². The van der Waals surface area contributed by atoms with E-state index in [2.05, 4.69) is 39.8 Å². The third kappa shape index (κ3) is 3.94. The van der Waals surface area contributed by atoms with Crippen LogP contribution in [0.1, 0.15) is 69.8 Å². The number of carbonyl (C=O) groups excluding carboxylic acids is 1. The topological polar surface area (TPSA) is 56.7 Å². The second-order valence-corrected chi connectivity index (χ2v) is 9.55. The molecule has 5 heteroatoms. The van der Waals surface area contributed by atoms with Gasteiger partial charge in [-0.2, -0.15) is 0 Å². The fraction of sp³-hybridized carbons (Fsp3) is 0.667. The third-order valence-electron chi connectivity index (χ3n) is 7.54. The zero-order chi connectivity index (χ0) is 19.7. The molecule has 2 heterocycles. The molecule has 1 aromatic rings. The molecule has 1 atom stereocenters. The van der Waals surface area contributed by atoms with Crippen molar-refractivity contribution in [2.24, 2.45) is 10.9 Å². The van der Waals surface area contributed by atoms with Gasteiger partial charge < -0.3 is 10.2 Å². The van der Waals surface area contributed by atoms with Crippen molar-refractivity contribution in [2.75, 3.05) is 18.4 Å². The van der Waals surface area contributed by atoms with Crippen molar-refractivity contribution in [3.05, 3.63) is 29.8 Å². The van der Waals surface area contributed by atoms with Crippen LogP contribution in [0.2, 0.25) is 0 Å². The second kappa shape index (κ2) is 8.10. The minimum absolute atomic E-state index is 0.243. The van der Waals surface area contributed by atoms with Gasteiger partial charge in [0.2, 0.25) is 5.91 Å². The Morgan fingerprint density at radius 1 is 1.10 bits per heavy atom. The molecule has 1 spiro atoms. The van der Waals surface area contributed by atoms with Crippen LogP contribution in [0.5, 0.6) is 0 Å². The molecule has 5 nitrogen and oxygen atoms in total. The highest BCUT2D eigenvalue weighted by Crippen LogP contribution is 2.33. The van der Waals surface area contributed by atoms with Crippen LogP contribution in [0.3, 0.4) is 0 Å². The summed E-state index contributed by atoms with van der Waals surface area (Å²) in [5.74, 6) is 2.01. The summed E-state index contributed by atoms with van der Waals surface area (Å²) in [7, 11) is 0. The van der Waals surface area contributed by atoms with E-state index in [9.17, 15) is 4.79 Å². The zero-order valence-corrected chi connectivity index (χ0v) is 17.5. The summed E-state index contributed by atoms with van der Waals surface area (Å²) in [5, 5.41) is 7.53. The van der Waals surface area contributed by atoms with E-state index in [0.717, 1.165) is 44.0 Å². The van der Waals surface area contributed by atoms with E-state index in [0.29, 0.717) is 17.9 Å². The van der Waals surface area contributed by atoms with E-state index in [1.54, 1.807) is 0 Å². The standard InChI is InChI=1S/C24H34N4O/c29-22(15-18-7-1-2-8-18)28-14-13-24(17-28)23(26-20-10-4-5-11-20)27-21-12-6-3-9-19(21)16-25-24/h3,6,9,12,18,20,25H,1-2,4-5,7-8,10-11,13-17H2,(H,26,27)/t24-/m0/s1. The van der Waals surface area contributed by atoms with Gasteiger partial charge in [-0.15, -0.1) is 0 Å². The van der Waals surface area contributed by atoms with Crippen molar-refractivity contribution in [3.63, 3.8) is 0 Å². The number of rotatable bonds is 3. The Kier molecular flexibility index (Phi) is 5.33. The molecule has 2 aliphatic carbocycles. The van der Waals surface area contributed by atoms with Crippen LogP contribution in [0.25, 0.3) is 0 Å². The highest BCUT2D eigenvalue weighted by Gasteiger charge is 2.45. The lowest BCUT2D eigenvalue weighted by atomic mass is 9.96. The van der Waals surface area contributed by atoms with Crippen molar-refractivity contribution in [1.29, 1.82) is 0 Å². The number of nitrogens with zero attached hydrogens (tertiary/aromatic N) is 2. The first-order valence-corrected chi connectivity index (χ1v) is 11.7. The maximum absolute atomic E-state index is 13.0. The summed E-state index contributed by atoms with van der Waals surface area (Å²) in [4.78, 5) is 20.4. The first-order valence-electron chi connectivity index (χ1n) is 11.7. The molecule has 1 saturated heterocycles. The van der Waals surface area contributed by atoms with Gasteiger partial charge in [0.25, 0.3) is 0 Å². The predicted molar refractivity (Wildman–Crippen MR) is 117 cm³/mol. The van der Waals surface area contributed by atoms with Crippen molar-refractivity contribution < 1.29 is 4.79 Å². The molecule has 2 aliphatic heterocycles. The van der Waals surface area contributed by atoms with Crippen molar-refractivity contribution in [3.8, 4) is 0 Å². The van der Waals surface area contributed by atoms with Gasteiger partial charge in [-0.25, -0.2) is 0 Å². The van der Waals surface area contributed by atoms with Gasteiger partial charge in [-0.1, -0.05) is 43.9 Å². The largest absolute Gasteiger partial charge is 0.342 e. The molecule has 0 unspecified atom stereocenters. The Hall–Kier alpha value is -1.88. The molecular formula is C24H34N4O. The fourth-order valence-corrected chi connectivity index (χ4v) is 5.71. The van der Waals surface area contributed by atoms with Gasteiger partial charge in [0.05, 0.1) is 11.6 Å². The lowest BCUT2D eigenvalue weighted by Gasteiger charge is -2.31. The quantitative estimate of drug-likeness (QED) is 0.812. The maximum atomic E-state index is 13.0. The van der Waals surface area contributed by atoms with Crippen LogP contribution in [0.15, 0.2) is 29.3 Å². The summed E-state index contributed by atoms with van der Waals surface area (Å²) in [6, 6.07) is 8.94. The first kappa shape index (κ1) is 19.1. The minimum Gasteiger partial charge on any atom is -0.342 e. The molecule has 3 fully saturated rings. The number of para-hydroxylation sites is 1. The molecule has 0 aromatic heterocycles. The van der Waals surface area contributed by atoms with Crippen molar-refractivity contribution in [2.45, 2.75) is 82.3 Å². The van der Waals surface area contributed by atoms with Gasteiger partial charge >= 0.3 is 0 Å². The highest BCUT2D eigenvalue weighted by molar-refractivity contribution is 6.04. The molecular weight excluding hydrogens is 360 g/mol. The van der Waals surface area contributed by atoms with Crippen LogP contribution in [-0.4, -0.2) is 41.3 Å². The molecule has 1 aromatic carbocycles. The van der Waals surface area contributed by atoms with Gasteiger partial charge in [0.1, 0.15) is 5.84 Å². The Bertz CT molecular complexity index is 779. The number of likely N-dealkylation sites (tertiary alicyclic amines) is 1. The Balaban J connectivity index is 1.38.